The number of alkyl halides is 1. The van der Waals surface area contributed by atoms with Gasteiger partial charge in [-0.2, -0.15) is 0 Å². The van der Waals surface area contributed by atoms with Gasteiger partial charge in [0.05, 0.1) is 29.1 Å². The first-order valence-corrected chi connectivity index (χ1v) is 7.63. The Morgan fingerprint density at radius 1 is 1.37 bits per heavy atom. The minimum atomic E-state index is -0.120. The van der Waals surface area contributed by atoms with Gasteiger partial charge in [-0.25, -0.2) is 4.98 Å². The summed E-state index contributed by atoms with van der Waals surface area (Å²) in [5.41, 5.74) is 2.06. The molecule has 2 aromatic rings. The Hall–Kier alpha value is -0.580. The fourth-order valence-corrected chi connectivity index (χ4v) is 2.55. The van der Waals surface area contributed by atoms with Gasteiger partial charge in [0, 0.05) is 11.0 Å². The van der Waals surface area contributed by atoms with E-state index in [1.165, 1.54) is 0 Å². The van der Waals surface area contributed by atoms with E-state index < -0.39 is 0 Å². The molecule has 0 saturated heterocycles. The lowest BCUT2D eigenvalue weighted by molar-refractivity contribution is 0.0729. The largest absolute Gasteiger partial charge is 0.377 e. The molecule has 0 spiro atoms. The number of rotatable bonds is 5. The summed E-state index contributed by atoms with van der Waals surface area (Å²) < 4.78 is 8.81. The Morgan fingerprint density at radius 2 is 2.11 bits per heavy atom. The molecule has 0 aliphatic heterocycles. The van der Waals surface area contributed by atoms with Crippen molar-refractivity contribution in [3.63, 3.8) is 0 Å². The van der Waals surface area contributed by atoms with Crippen molar-refractivity contribution in [1.29, 1.82) is 0 Å². The van der Waals surface area contributed by atoms with Gasteiger partial charge >= 0.3 is 0 Å². The zero-order chi connectivity index (χ0) is 14.0. The molecule has 0 bridgehead atoms. The predicted molar refractivity (Wildman–Crippen MR) is 82.8 cm³/mol. The average molecular weight is 346 g/mol. The highest BCUT2D eigenvalue weighted by molar-refractivity contribution is 9.10. The molecule has 1 aromatic heterocycles. The van der Waals surface area contributed by atoms with Gasteiger partial charge in [0.2, 0.25) is 0 Å². The van der Waals surface area contributed by atoms with Crippen molar-refractivity contribution in [3.8, 4) is 0 Å². The third kappa shape index (κ3) is 3.50. The highest BCUT2D eigenvalue weighted by Gasteiger charge is 2.15. The summed E-state index contributed by atoms with van der Waals surface area (Å²) in [4.78, 5) is 4.61. The quantitative estimate of drug-likeness (QED) is 0.745. The second kappa shape index (κ2) is 6.25. The van der Waals surface area contributed by atoms with E-state index in [1.807, 2.05) is 32.9 Å². The Bertz CT molecular complexity index is 566. The van der Waals surface area contributed by atoms with Crippen LogP contribution in [-0.2, 0) is 11.3 Å². The maximum atomic E-state index is 6.23. The topological polar surface area (TPSA) is 27.1 Å². The van der Waals surface area contributed by atoms with Crippen LogP contribution in [0, 0.1) is 0 Å². The SMILES string of the molecule is CC(C)OCCn1c(C(C)Cl)nc2ccc(Br)cc21. The number of aromatic nitrogens is 2. The second-order valence-electron chi connectivity index (χ2n) is 4.79. The molecule has 0 aliphatic rings. The summed E-state index contributed by atoms with van der Waals surface area (Å²) >= 11 is 9.72. The van der Waals surface area contributed by atoms with Gasteiger partial charge < -0.3 is 9.30 Å². The van der Waals surface area contributed by atoms with E-state index in [4.69, 9.17) is 16.3 Å². The van der Waals surface area contributed by atoms with Crippen LogP contribution in [-0.4, -0.2) is 22.3 Å². The van der Waals surface area contributed by atoms with E-state index >= 15 is 0 Å². The highest BCUT2D eigenvalue weighted by atomic mass is 79.9. The maximum absolute atomic E-state index is 6.23. The normalized spacial score (nSPS) is 13.4. The Labute approximate surface area is 127 Å². The lowest BCUT2D eigenvalue weighted by Gasteiger charge is -2.12. The summed E-state index contributed by atoms with van der Waals surface area (Å²) in [6, 6.07) is 6.06. The number of hydrogen-bond acceptors (Lipinski definition) is 2. The lowest BCUT2D eigenvalue weighted by atomic mass is 10.3. The third-order valence-electron chi connectivity index (χ3n) is 2.86. The molecule has 0 amide bonds. The Kier molecular flexibility index (Phi) is 4.87. The molecule has 1 unspecified atom stereocenters. The summed E-state index contributed by atoms with van der Waals surface area (Å²) in [7, 11) is 0. The van der Waals surface area contributed by atoms with Gasteiger partial charge in [-0.3, -0.25) is 0 Å². The number of imidazole rings is 1. The van der Waals surface area contributed by atoms with Gasteiger partial charge in [-0.05, 0) is 39.0 Å². The molecule has 1 atom stereocenters. The fraction of sp³-hybridized carbons (Fsp3) is 0.500. The van der Waals surface area contributed by atoms with Crippen LogP contribution < -0.4 is 0 Å². The van der Waals surface area contributed by atoms with Crippen LogP contribution >= 0.6 is 27.5 Å². The smallest absolute Gasteiger partial charge is 0.127 e. The fourth-order valence-electron chi connectivity index (χ4n) is 2.03. The van der Waals surface area contributed by atoms with Crippen molar-refractivity contribution in [2.45, 2.75) is 38.8 Å². The molecule has 1 heterocycles. The molecular formula is C14H18BrClN2O. The van der Waals surface area contributed by atoms with Gasteiger partial charge in [-0.1, -0.05) is 15.9 Å². The molecule has 3 nitrogen and oxygen atoms in total. The van der Waals surface area contributed by atoms with Crippen LogP contribution in [0.15, 0.2) is 22.7 Å². The molecular weight excluding hydrogens is 328 g/mol. The average Bonchev–Trinajstić information content (AvgIpc) is 2.67. The maximum Gasteiger partial charge on any atom is 0.127 e. The summed E-state index contributed by atoms with van der Waals surface area (Å²) in [5.74, 6) is 0.891. The van der Waals surface area contributed by atoms with Gasteiger partial charge in [0.25, 0.3) is 0 Å². The van der Waals surface area contributed by atoms with E-state index in [-0.39, 0.29) is 11.5 Å². The second-order valence-corrected chi connectivity index (χ2v) is 6.36. The third-order valence-corrected chi connectivity index (χ3v) is 3.55. The van der Waals surface area contributed by atoms with Crippen molar-refractivity contribution in [3.05, 3.63) is 28.5 Å². The summed E-state index contributed by atoms with van der Waals surface area (Å²) in [6.07, 6.45) is 0.235. The van der Waals surface area contributed by atoms with Crippen LogP contribution in [0.3, 0.4) is 0 Å². The van der Waals surface area contributed by atoms with E-state index in [0.717, 1.165) is 27.9 Å². The van der Waals surface area contributed by atoms with Crippen LogP contribution in [0.25, 0.3) is 11.0 Å². The number of fused-ring (bicyclic) bond motifs is 1. The van der Waals surface area contributed by atoms with Crippen molar-refractivity contribution >= 4 is 38.6 Å². The number of halogens is 2. The first-order chi connectivity index (χ1) is 8.99. The van der Waals surface area contributed by atoms with Crippen molar-refractivity contribution in [2.75, 3.05) is 6.61 Å². The van der Waals surface area contributed by atoms with Crippen molar-refractivity contribution < 1.29 is 4.74 Å². The minimum absolute atomic E-state index is 0.120. The van der Waals surface area contributed by atoms with Crippen LogP contribution in [0.1, 0.15) is 32.0 Å². The lowest BCUT2D eigenvalue weighted by Crippen LogP contribution is -2.13. The molecule has 0 saturated carbocycles. The molecule has 0 aliphatic carbocycles. The number of hydrogen-bond donors (Lipinski definition) is 0. The summed E-state index contributed by atoms with van der Waals surface area (Å²) in [6.45, 7) is 7.43. The first kappa shape index (κ1) is 14.8. The number of benzene rings is 1. The van der Waals surface area contributed by atoms with E-state index in [2.05, 4.69) is 31.5 Å². The Balaban J connectivity index is 2.36. The summed E-state index contributed by atoms with van der Waals surface area (Å²) in [5, 5.41) is -0.120. The molecule has 2 rings (SSSR count). The molecule has 0 radical (unpaired) electrons. The molecule has 5 heteroatoms. The van der Waals surface area contributed by atoms with Gasteiger partial charge in [-0.15, -0.1) is 11.6 Å². The van der Waals surface area contributed by atoms with Crippen LogP contribution in [0.5, 0.6) is 0 Å². The van der Waals surface area contributed by atoms with Crippen molar-refractivity contribution in [1.82, 2.24) is 9.55 Å². The first-order valence-electron chi connectivity index (χ1n) is 6.40. The zero-order valence-electron chi connectivity index (χ0n) is 11.4. The molecule has 0 fully saturated rings. The van der Waals surface area contributed by atoms with Gasteiger partial charge in [0.1, 0.15) is 5.82 Å². The van der Waals surface area contributed by atoms with E-state index in [9.17, 15) is 0 Å². The molecule has 0 N–H and O–H groups in total. The number of nitrogens with zero attached hydrogens (tertiary/aromatic N) is 2. The van der Waals surface area contributed by atoms with Crippen LogP contribution in [0.2, 0.25) is 0 Å². The highest BCUT2D eigenvalue weighted by Crippen LogP contribution is 2.26. The monoisotopic (exact) mass is 344 g/mol. The predicted octanol–water partition coefficient (Wildman–Crippen LogP) is 4.52. The molecule has 19 heavy (non-hydrogen) atoms. The standard InChI is InChI=1S/C14H18BrClN2O/c1-9(2)19-7-6-18-13-8-11(15)4-5-12(13)17-14(18)10(3)16/h4-5,8-10H,6-7H2,1-3H3. The van der Waals surface area contributed by atoms with E-state index in [0.29, 0.717) is 6.61 Å². The van der Waals surface area contributed by atoms with E-state index in [1.54, 1.807) is 0 Å². The molecule has 1 aromatic carbocycles. The van der Waals surface area contributed by atoms with Crippen molar-refractivity contribution in [2.24, 2.45) is 0 Å². The van der Waals surface area contributed by atoms with Gasteiger partial charge in [0.15, 0.2) is 0 Å². The zero-order valence-corrected chi connectivity index (χ0v) is 13.7. The number of ether oxygens (including phenoxy) is 1. The molecule has 104 valence electrons. The Morgan fingerprint density at radius 3 is 2.74 bits per heavy atom. The minimum Gasteiger partial charge on any atom is -0.377 e. The van der Waals surface area contributed by atoms with Crippen LogP contribution in [0.4, 0.5) is 0 Å².